The highest BCUT2D eigenvalue weighted by Crippen LogP contribution is 2.15. The van der Waals surface area contributed by atoms with Gasteiger partial charge in [-0.2, -0.15) is 5.10 Å². The van der Waals surface area contributed by atoms with Crippen LogP contribution in [0.25, 0.3) is 0 Å². The molecule has 6 heteroatoms. The van der Waals surface area contributed by atoms with Gasteiger partial charge in [-0.15, -0.1) is 0 Å². The predicted molar refractivity (Wildman–Crippen MR) is 82.6 cm³/mol. The molecule has 1 aromatic carbocycles. The van der Waals surface area contributed by atoms with E-state index < -0.39 is 0 Å². The first-order chi connectivity index (χ1) is 9.50. The van der Waals surface area contributed by atoms with Gasteiger partial charge in [-0.05, 0) is 34.0 Å². The monoisotopic (exact) mass is 339 g/mol. The zero-order chi connectivity index (χ0) is 15.0. The van der Waals surface area contributed by atoms with Crippen LogP contribution < -0.4 is 10.7 Å². The Morgan fingerprint density at radius 2 is 2.05 bits per heavy atom. The van der Waals surface area contributed by atoms with Crippen molar-refractivity contribution in [3.05, 3.63) is 34.3 Å². The van der Waals surface area contributed by atoms with Gasteiger partial charge in [0.2, 0.25) is 5.91 Å². The van der Waals surface area contributed by atoms with Gasteiger partial charge >= 0.3 is 0 Å². The summed E-state index contributed by atoms with van der Waals surface area (Å²) in [7, 11) is 0. The fourth-order valence-corrected chi connectivity index (χ4v) is 1.81. The van der Waals surface area contributed by atoms with Gasteiger partial charge < -0.3 is 5.32 Å². The van der Waals surface area contributed by atoms with Crippen LogP contribution in [0.15, 0.2) is 33.8 Å². The van der Waals surface area contributed by atoms with Crippen molar-refractivity contribution in [2.75, 3.05) is 6.54 Å². The first kappa shape index (κ1) is 16.4. The van der Waals surface area contributed by atoms with Crippen molar-refractivity contribution < 1.29 is 9.59 Å². The molecule has 0 radical (unpaired) electrons. The zero-order valence-electron chi connectivity index (χ0n) is 11.5. The van der Waals surface area contributed by atoms with Crippen LogP contribution in [0.5, 0.6) is 0 Å². The van der Waals surface area contributed by atoms with E-state index in [0.717, 1.165) is 4.47 Å². The number of hydrogen-bond acceptors (Lipinski definition) is 3. The Hall–Kier alpha value is -1.69. The zero-order valence-corrected chi connectivity index (χ0v) is 13.1. The lowest BCUT2D eigenvalue weighted by Gasteiger charge is -2.06. The number of hydrazone groups is 1. The molecule has 0 saturated heterocycles. The van der Waals surface area contributed by atoms with E-state index in [4.69, 9.17) is 0 Å². The first-order valence-electron chi connectivity index (χ1n) is 6.35. The molecule has 0 aromatic heterocycles. The molecule has 1 aromatic rings. The van der Waals surface area contributed by atoms with Crippen LogP contribution in [0.1, 0.15) is 30.6 Å². The summed E-state index contributed by atoms with van der Waals surface area (Å²) in [5.74, 6) is -0.157. The van der Waals surface area contributed by atoms with Gasteiger partial charge in [0.1, 0.15) is 0 Å². The largest absolute Gasteiger partial charge is 0.351 e. The Balaban J connectivity index is 2.32. The number of halogens is 1. The molecule has 0 spiro atoms. The van der Waals surface area contributed by atoms with Crippen LogP contribution in [-0.4, -0.2) is 24.6 Å². The molecule has 0 atom stereocenters. The van der Waals surface area contributed by atoms with Gasteiger partial charge in [-0.25, -0.2) is 5.43 Å². The molecule has 0 unspecified atom stereocenters. The summed E-state index contributed by atoms with van der Waals surface area (Å²) in [4.78, 5) is 23.3. The maximum atomic E-state index is 11.8. The lowest BCUT2D eigenvalue weighted by Crippen LogP contribution is -2.29. The molecule has 108 valence electrons. The molecule has 2 N–H and O–H groups in total. The highest BCUT2D eigenvalue weighted by atomic mass is 79.9. The molecule has 0 bridgehead atoms. The Morgan fingerprint density at radius 1 is 1.35 bits per heavy atom. The summed E-state index contributed by atoms with van der Waals surface area (Å²) < 4.78 is 0.725. The van der Waals surface area contributed by atoms with E-state index in [1.54, 1.807) is 24.4 Å². The van der Waals surface area contributed by atoms with Gasteiger partial charge in [0.25, 0.3) is 5.91 Å². The first-order valence-corrected chi connectivity index (χ1v) is 7.14. The van der Waals surface area contributed by atoms with E-state index >= 15 is 0 Å². The summed E-state index contributed by atoms with van der Waals surface area (Å²) in [6.45, 7) is 4.20. The third-order valence-electron chi connectivity index (χ3n) is 2.32. The smallest absolute Gasteiger partial charge is 0.252 e. The minimum absolute atomic E-state index is 0.186. The molecule has 0 aliphatic heterocycles. The Bertz CT molecular complexity index is 501. The summed E-state index contributed by atoms with van der Waals surface area (Å²) in [5.41, 5.74) is 2.96. The fourth-order valence-electron chi connectivity index (χ4n) is 1.34. The van der Waals surface area contributed by atoms with E-state index in [9.17, 15) is 9.59 Å². The van der Waals surface area contributed by atoms with Crippen LogP contribution in [0.2, 0.25) is 0 Å². The average molecular weight is 340 g/mol. The van der Waals surface area contributed by atoms with Crippen molar-refractivity contribution in [1.82, 2.24) is 10.7 Å². The van der Waals surface area contributed by atoms with Crippen molar-refractivity contribution in [2.45, 2.75) is 20.3 Å². The van der Waals surface area contributed by atoms with Crippen LogP contribution in [0.3, 0.4) is 0 Å². The van der Waals surface area contributed by atoms with Crippen LogP contribution in [-0.2, 0) is 4.79 Å². The average Bonchev–Trinajstić information content (AvgIpc) is 2.38. The molecule has 0 heterocycles. The fraction of sp³-hybridized carbons (Fsp3) is 0.357. The number of rotatable bonds is 6. The Morgan fingerprint density at radius 3 is 2.70 bits per heavy atom. The summed E-state index contributed by atoms with van der Waals surface area (Å²) >= 11 is 3.31. The standard InChI is InChI=1S/C14H18BrN3O2/c1-10(2)9-17-18-13(19)7-8-16-14(20)11-5-3-4-6-12(11)15/h3-6,9-10H,7-8H2,1-2H3,(H,16,20)(H,18,19)/b17-9+. The second kappa shape index (κ2) is 8.47. The molecule has 0 aliphatic carbocycles. The number of carbonyl (C=O) groups excluding carboxylic acids is 2. The van der Waals surface area contributed by atoms with E-state index in [1.165, 1.54) is 0 Å². The van der Waals surface area contributed by atoms with E-state index in [-0.39, 0.29) is 30.7 Å². The number of carbonyl (C=O) groups is 2. The molecule has 0 saturated carbocycles. The Kier molecular flexibility index (Phi) is 6.93. The third-order valence-corrected chi connectivity index (χ3v) is 3.01. The van der Waals surface area contributed by atoms with Crippen molar-refractivity contribution in [1.29, 1.82) is 0 Å². The topological polar surface area (TPSA) is 70.6 Å². The number of benzene rings is 1. The molecule has 20 heavy (non-hydrogen) atoms. The van der Waals surface area contributed by atoms with Crippen molar-refractivity contribution >= 4 is 34.0 Å². The highest BCUT2D eigenvalue weighted by molar-refractivity contribution is 9.10. The van der Waals surface area contributed by atoms with Crippen molar-refractivity contribution in [3.8, 4) is 0 Å². The summed E-state index contributed by atoms with van der Waals surface area (Å²) in [5, 5.41) is 6.48. The van der Waals surface area contributed by atoms with E-state index in [1.807, 2.05) is 19.9 Å². The molecule has 0 aliphatic rings. The minimum atomic E-state index is -0.227. The predicted octanol–water partition coefficient (Wildman–Crippen LogP) is 2.33. The number of nitrogens with zero attached hydrogens (tertiary/aromatic N) is 1. The van der Waals surface area contributed by atoms with Gasteiger partial charge in [0.15, 0.2) is 0 Å². The van der Waals surface area contributed by atoms with Crippen molar-refractivity contribution in [3.63, 3.8) is 0 Å². The van der Waals surface area contributed by atoms with Gasteiger partial charge in [-0.1, -0.05) is 26.0 Å². The third kappa shape index (κ3) is 5.97. The summed E-state index contributed by atoms with van der Waals surface area (Å²) in [6, 6.07) is 7.13. The highest BCUT2D eigenvalue weighted by Gasteiger charge is 2.09. The summed E-state index contributed by atoms with van der Waals surface area (Å²) in [6.07, 6.45) is 1.84. The van der Waals surface area contributed by atoms with Crippen LogP contribution in [0, 0.1) is 5.92 Å². The molecule has 0 fully saturated rings. The quantitative estimate of drug-likeness (QED) is 0.616. The molecule has 1 rings (SSSR count). The van der Waals surface area contributed by atoms with Gasteiger partial charge in [0.05, 0.1) is 5.56 Å². The number of hydrogen-bond donors (Lipinski definition) is 2. The SMILES string of the molecule is CC(C)/C=N/NC(=O)CCNC(=O)c1ccccc1Br. The van der Waals surface area contributed by atoms with E-state index in [0.29, 0.717) is 5.56 Å². The molecule has 5 nitrogen and oxygen atoms in total. The molecular formula is C14H18BrN3O2. The second-order valence-electron chi connectivity index (χ2n) is 4.54. The molecular weight excluding hydrogens is 322 g/mol. The number of nitrogens with one attached hydrogen (secondary N) is 2. The minimum Gasteiger partial charge on any atom is -0.351 e. The van der Waals surface area contributed by atoms with Crippen LogP contribution in [0.4, 0.5) is 0 Å². The van der Waals surface area contributed by atoms with Gasteiger partial charge in [-0.3, -0.25) is 9.59 Å². The normalized spacial score (nSPS) is 10.8. The Labute approximate surface area is 127 Å². The van der Waals surface area contributed by atoms with Crippen LogP contribution >= 0.6 is 15.9 Å². The van der Waals surface area contributed by atoms with Crippen molar-refractivity contribution in [2.24, 2.45) is 11.0 Å². The van der Waals surface area contributed by atoms with Gasteiger partial charge in [0, 0.05) is 23.7 Å². The second-order valence-corrected chi connectivity index (χ2v) is 5.40. The maximum absolute atomic E-state index is 11.8. The molecule has 2 amide bonds. The lowest BCUT2D eigenvalue weighted by molar-refractivity contribution is -0.120. The van der Waals surface area contributed by atoms with E-state index in [2.05, 4.69) is 31.8 Å². The maximum Gasteiger partial charge on any atom is 0.252 e. The lowest BCUT2D eigenvalue weighted by atomic mass is 10.2. The number of amides is 2.